The lowest BCUT2D eigenvalue weighted by Gasteiger charge is -2.35. The number of aliphatic hydroxyl groups excluding tert-OH is 1. The molecular weight excluding hydrogens is 921 g/mol. The maximum Gasteiger partial charge on any atom is 0.246 e. The molecule has 0 bridgehead atoms. The fourth-order valence-corrected chi connectivity index (χ4v) is 10.8. The number of carbonyl (C=O) groups is 6. The number of nitrogens with one attached hydrogen (secondary N) is 3. The van der Waals surface area contributed by atoms with Gasteiger partial charge in [-0.05, 0) is 110 Å². The Hall–Kier alpha value is -6.17. The van der Waals surface area contributed by atoms with Crippen LogP contribution in [0.4, 0.5) is 5.69 Å². The van der Waals surface area contributed by atoms with Crippen molar-refractivity contribution >= 4 is 52.5 Å². The van der Waals surface area contributed by atoms with Gasteiger partial charge in [0.1, 0.15) is 30.5 Å². The Morgan fingerprint density at radius 2 is 1.66 bits per heavy atom. The number of hydrogen-bond donors (Lipinski definition) is 6. The Morgan fingerprint density at radius 1 is 0.930 bits per heavy atom. The third-order valence-electron chi connectivity index (χ3n) is 13.8. The van der Waals surface area contributed by atoms with Crippen molar-refractivity contribution < 1.29 is 38.6 Å². The molecule has 4 aromatic rings. The zero-order valence-corrected chi connectivity index (χ0v) is 42.6. The number of aryl methyl sites for hydroxylation is 4. The molecule has 0 spiro atoms. The second kappa shape index (κ2) is 22.9. The monoisotopic (exact) mass is 991 g/mol. The molecule has 7 rings (SSSR count). The first-order valence-electron chi connectivity index (χ1n) is 24.9. The molecule has 0 aliphatic carbocycles. The molecule has 3 aliphatic rings. The zero-order valence-electron chi connectivity index (χ0n) is 41.8. The molecule has 0 radical (unpaired) electrons. The minimum Gasteiger partial charge on any atom is -0.491 e. The number of ether oxygens (including phenoxy) is 1. The standard InChI is InChI=1S/C54H70N8O8S/c1-31-23-34(25-41(24-31)70-29-39(20-22-45(56)64)59-51(67)44-26-38-13-10-12-36-19-21-42(55)52(68)62(44)47(36)38)11-8-7-9-14-46(65)60-49(54(4,5)6)53(69)61-28-40(63)27-43(61)50(66)58-32(2)35-15-17-37(18-16-35)48-33(3)57-30-71-48/h10,12-13,15-18,23-25,30,32,39-40,42-44,49,63H,7-9,11,14,19-22,26-29,55H2,1-6H3,(H2,56,64)(H,58,66)(H,59,67)(H,60,65)/t32-,39-,40+,42-,43-,44-,49+/m0/s1. The fraction of sp³-hybridized carbons (Fsp3) is 0.500. The van der Waals surface area contributed by atoms with E-state index >= 15 is 0 Å². The summed E-state index contributed by atoms with van der Waals surface area (Å²) in [6, 6.07) is 15.5. The van der Waals surface area contributed by atoms with E-state index in [-0.39, 0.29) is 68.5 Å². The molecule has 7 atom stereocenters. The van der Waals surface area contributed by atoms with Crippen molar-refractivity contribution in [2.45, 2.75) is 155 Å². The highest BCUT2D eigenvalue weighted by Gasteiger charge is 2.45. The largest absolute Gasteiger partial charge is 0.491 e. The predicted molar refractivity (Wildman–Crippen MR) is 273 cm³/mol. The molecule has 6 amide bonds. The number of likely N-dealkylation sites (tertiary alicyclic amines) is 1. The summed E-state index contributed by atoms with van der Waals surface area (Å²) in [5.41, 5.74) is 20.5. The molecule has 0 saturated carbocycles. The minimum absolute atomic E-state index is 0.0104. The van der Waals surface area contributed by atoms with Crippen LogP contribution in [0.25, 0.3) is 10.4 Å². The molecule has 4 heterocycles. The quantitative estimate of drug-likeness (QED) is 0.0628. The van der Waals surface area contributed by atoms with E-state index in [0.29, 0.717) is 31.4 Å². The van der Waals surface area contributed by atoms with Gasteiger partial charge in [0.15, 0.2) is 0 Å². The number of β-amino-alcohol motifs (C(OH)–C–C–N with tert-alkyl or cyclic N) is 1. The molecule has 380 valence electrons. The highest BCUT2D eigenvalue weighted by molar-refractivity contribution is 7.13. The van der Waals surface area contributed by atoms with Crippen molar-refractivity contribution in [3.05, 3.63) is 99.7 Å². The number of anilines is 1. The number of primary amides is 1. The van der Waals surface area contributed by atoms with Gasteiger partial charge >= 0.3 is 0 Å². The van der Waals surface area contributed by atoms with E-state index < -0.39 is 53.5 Å². The number of carbonyl (C=O) groups excluding carboxylic acids is 6. The van der Waals surface area contributed by atoms with Crippen molar-refractivity contribution in [3.8, 4) is 16.2 Å². The predicted octanol–water partition coefficient (Wildman–Crippen LogP) is 5.26. The maximum atomic E-state index is 14.2. The smallest absolute Gasteiger partial charge is 0.246 e. The van der Waals surface area contributed by atoms with Crippen LogP contribution in [0.15, 0.2) is 66.2 Å². The van der Waals surface area contributed by atoms with E-state index in [4.69, 9.17) is 16.2 Å². The Labute approximate surface area is 420 Å². The first kappa shape index (κ1) is 52.6. The molecule has 71 heavy (non-hydrogen) atoms. The molecule has 1 aromatic heterocycles. The van der Waals surface area contributed by atoms with Crippen molar-refractivity contribution in [1.82, 2.24) is 25.8 Å². The lowest BCUT2D eigenvalue weighted by atomic mass is 9.85. The molecule has 1 saturated heterocycles. The molecule has 8 N–H and O–H groups in total. The number of aliphatic hydroxyl groups is 1. The Morgan fingerprint density at radius 3 is 2.37 bits per heavy atom. The number of rotatable bonds is 20. The van der Waals surface area contributed by atoms with Gasteiger partial charge in [-0.25, -0.2) is 4.98 Å². The normalized spacial score (nSPS) is 19.9. The minimum atomic E-state index is -0.921. The summed E-state index contributed by atoms with van der Waals surface area (Å²) in [5, 5.41) is 19.8. The van der Waals surface area contributed by atoms with Crippen LogP contribution in [-0.2, 0) is 48.0 Å². The fourth-order valence-electron chi connectivity index (χ4n) is 9.96. The van der Waals surface area contributed by atoms with E-state index in [1.165, 1.54) is 4.90 Å². The van der Waals surface area contributed by atoms with Gasteiger partial charge in [0.25, 0.3) is 0 Å². The van der Waals surface area contributed by atoms with Crippen molar-refractivity contribution in [3.63, 3.8) is 0 Å². The number of benzene rings is 3. The first-order chi connectivity index (χ1) is 33.8. The second-order valence-corrected chi connectivity index (χ2v) is 21.5. The van der Waals surface area contributed by atoms with E-state index in [0.717, 1.165) is 68.9 Å². The lowest BCUT2D eigenvalue weighted by molar-refractivity contribution is -0.144. The SMILES string of the molecule is Cc1cc(CCCCCC(=O)N[C@H](C(=O)N2C[C@H](O)C[C@H]2C(=O)N[C@@H](C)c2ccc(-c3scnc3C)cc2)C(C)(C)C)cc(OC[C@H](CCC(N)=O)NC(=O)[C@@H]2Cc3cccc4c3N2C(=O)[C@@H](N)CC4)c1. The van der Waals surface area contributed by atoms with Gasteiger partial charge in [-0.15, -0.1) is 11.3 Å². The van der Waals surface area contributed by atoms with Crippen molar-refractivity contribution in [2.75, 3.05) is 18.1 Å². The third-order valence-corrected chi connectivity index (χ3v) is 14.8. The van der Waals surface area contributed by atoms with Crippen LogP contribution in [0.1, 0.15) is 119 Å². The highest BCUT2D eigenvalue weighted by atomic mass is 32.1. The van der Waals surface area contributed by atoms with Crippen LogP contribution in [0.5, 0.6) is 5.75 Å². The van der Waals surface area contributed by atoms with Crippen molar-refractivity contribution in [1.29, 1.82) is 0 Å². The number of nitrogens with zero attached hydrogens (tertiary/aromatic N) is 3. The Balaban J connectivity index is 0.886. The van der Waals surface area contributed by atoms with Crippen LogP contribution in [0, 0.1) is 19.3 Å². The van der Waals surface area contributed by atoms with Gasteiger partial charge in [-0.2, -0.15) is 0 Å². The summed E-state index contributed by atoms with van der Waals surface area (Å²) in [6.45, 7) is 11.5. The summed E-state index contributed by atoms with van der Waals surface area (Å²) in [6.07, 6.45) is 4.06. The van der Waals surface area contributed by atoms with Crippen molar-refractivity contribution in [2.24, 2.45) is 16.9 Å². The molecule has 3 aromatic carbocycles. The average Bonchev–Trinajstić information content (AvgIpc) is 4.04. The number of aromatic nitrogens is 1. The van der Waals surface area contributed by atoms with Crippen LogP contribution < -0.4 is 37.1 Å². The highest BCUT2D eigenvalue weighted by Crippen LogP contribution is 2.39. The number of nitrogens with two attached hydrogens (primary N) is 2. The summed E-state index contributed by atoms with van der Waals surface area (Å²) in [7, 11) is 0. The molecule has 16 nitrogen and oxygen atoms in total. The number of para-hydroxylation sites is 1. The number of thiazole rings is 1. The number of hydrogen-bond acceptors (Lipinski definition) is 11. The van der Waals surface area contributed by atoms with Gasteiger partial charge in [0.05, 0.1) is 46.0 Å². The number of unbranched alkanes of at least 4 members (excludes halogenated alkanes) is 2. The summed E-state index contributed by atoms with van der Waals surface area (Å²) < 4.78 is 6.26. The van der Waals surface area contributed by atoms with Gasteiger partial charge in [-0.3, -0.25) is 33.7 Å². The molecule has 1 fully saturated rings. The van der Waals surface area contributed by atoms with Crippen LogP contribution in [-0.4, -0.2) is 99.9 Å². The van der Waals surface area contributed by atoms with Crippen LogP contribution in [0.3, 0.4) is 0 Å². The van der Waals surface area contributed by atoms with E-state index in [9.17, 15) is 33.9 Å². The van der Waals surface area contributed by atoms with Gasteiger partial charge in [0, 0.05) is 32.2 Å². The van der Waals surface area contributed by atoms with E-state index in [2.05, 4.69) is 27.0 Å². The van der Waals surface area contributed by atoms with Crippen LogP contribution in [0.2, 0.25) is 0 Å². The van der Waals surface area contributed by atoms with Crippen LogP contribution >= 0.6 is 11.3 Å². The molecule has 3 aliphatic heterocycles. The van der Waals surface area contributed by atoms with E-state index in [1.807, 2.05) is 102 Å². The zero-order chi connectivity index (χ0) is 51.1. The summed E-state index contributed by atoms with van der Waals surface area (Å²) in [5.74, 6) is -1.56. The molecule has 0 unspecified atom stereocenters. The van der Waals surface area contributed by atoms with Gasteiger partial charge in [-0.1, -0.05) is 75.7 Å². The topological polar surface area (TPSA) is 239 Å². The summed E-state index contributed by atoms with van der Waals surface area (Å²) in [4.78, 5) is 89.0. The van der Waals surface area contributed by atoms with E-state index in [1.54, 1.807) is 16.2 Å². The first-order valence-corrected chi connectivity index (χ1v) is 25.8. The molecular formula is C54H70N8O8S. The maximum absolute atomic E-state index is 14.2. The Bertz CT molecular complexity index is 2590. The van der Waals surface area contributed by atoms with Gasteiger partial charge in [0.2, 0.25) is 35.4 Å². The Kier molecular flexibility index (Phi) is 17.0. The number of amides is 6. The summed E-state index contributed by atoms with van der Waals surface area (Å²) >= 11 is 1.57. The third kappa shape index (κ3) is 13.0. The van der Waals surface area contributed by atoms with Gasteiger partial charge < -0.3 is 42.2 Å². The molecule has 17 heteroatoms. The average molecular weight is 991 g/mol. The second-order valence-electron chi connectivity index (χ2n) is 20.6. The lowest BCUT2D eigenvalue weighted by Crippen LogP contribution is -2.57.